The van der Waals surface area contributed by atoms with Crippen LogP contribution in [0.4, 0.5) is 0 Å². The quantitative estimate of drug-likeness (QED) is 0.753. The summed E-state index contributed by atoms with van der Waals surface area (Å²) >= 11 is 6.00. The summed E-state index contributed by atoms with van der Waals surface area (Å²) in [7, 11) is -1.90. The summed E-state index contributed by atoms with van der Waals surface area (Å²) in [6, 6.07) is 10.2. The number of rotatable bonds is 5. The summed E-state index contributed by atoms with van der Waals surface area (Å²) in [6.07, 6.45) is 1.58. The van der Waals surface area contributed by atoms with Crippen molar-refractivity contribution < 1.29 is 12.8 Å². The molecule has 0 saturated heterocycles. The van der Waals surface area contributed by atoms with Gasteiger partial charge >= 0.3 is 0 Å². The summed E-state index contributed by atoms with van der Waals surface area (Å²) in [4.78, 5) is 0.164. The molecule has 2 heterocycles. The lowest BCUT2D eigenvalue weighted by Gasteiger charge is -2.09. The van der Waals surface area contributed by atoms with Gasteiger partial charge < -0.3 is 4.42 Å². The maximum atomic E-state index is 12.5. The maximum Gasteiger partial charge on any atom is 0.241 e. The molecule has 0 saturated carbocycles. The molecule has 0 aliphatic carbocycles. The van der Waals surface area contributed by atoms with E-state index in [2.05, 4.69) is 9.82 Å². The van der Waals surface area contributed by atoms with Crippen molar-refractivity contribution in [1.29, 1.82) is 0 Å². The van der Waals surface area contributed by atoms with Crippen LogP contribution in [-0.4, -0.2) is 18.2 Å². The first-order valence-corrected chi connectivity index (χ1v) is 9.06. The molecule has 0 unspecified atom stereocenters. The molecule has 0 bridgehead atoms. The van der Waals surface area contributed by atoms with Crippen molar-refractivity contribution in [2.75, 3.05) is 0 Å². The predicted molar refractivity (Wildman–Crippen MR) is 91.1 cm³/mol. The summed E-state index contributed by atoms with van der Waals surface area (Å²) in [5, 5.41) is 4.72. The van der Waals surface area contributed by atoms with Crippen molar-refractivity contribution in [2.24, 2.45) is 7.05 Å². The van der Waals surface area contributed by atoms with Gasteiger partial charge in [-0.25, -0.2) is 13.1 Å². The minimum Gasteiger partial charge on any atom is -0.463 e. The SMILES string of the molecule is Cc1c(Cl)cccc1S(=O)(=O)NCc1cc(-c2ccco2)n(C)n1. The molecule has 1 aromatic carbocycles. The Bertz CT molecular complexity index is 963. The summed E-state index contributed by atoms with van der Waals surface area (Å²) in [5.41, 5.74) is 1.88. The first kappa shape index (κ1) is 16.8. The second-order valence-corrected chi connectivity index (χ2v) is 7.45. The highest BCUT2D eigenvalue weighted by molar-refractivity contribution is 7.89. The van der Waals surface area contributed by atoms with E-state index >= 15 is 0 Å². The normalized spacial score (nSPS) is 11.8. The van der Waals surface area contributed by atoms with Crippen molar-refractivity contribution in [2.45, 2.75) is 18.4 Å². The van der Waals surface area contributed by atoms with Crippen LogP contribution >= 0.6 is 11.6 Å². The van der Waals surface area contributed by atoms with Crippen LogP contribution in [0.15, 0.2) is 52.0 Å². The number of aromatic nitrogens is 2. The Labute approximate surface area is 145 Å². The summed E-state index contributed by atoms with van der Waals surface area (Å²) < 4.78 is 34.5. The third-order valence-electron chi connectivity index (χ3n) is 3.65. The number of nitrogens with zero attached hydrogens (tertiary/aromatic N) is 2. The number of hydrogen-bond acceptors (Lipinski definition) is 4. The van der Waals surface area contributed by atoms with Crippen molar-refractivity contribution in [3.05, 3.63) is 58.9 Å². The average Bonchev–Trinajstić information content (AvgIpc) is 3.17. The maximum absolute atomic E-state index is 12.5. The van der Waals surface area contributed by atoms with Gasteiger partial charge in [0.1, 0.15) is 5.69 Å². The Morgan fingerprint density at radius 3 is 2.79 bits per heavy atom. The van der Waals surface area contributed by atoms with Gasteiger partial charge in [-0.3, -0.25) is 4.68 Å². The lowest BCUT2D eigenvalue weighted by atomic mass is 10.2. The van der Waals surface area contributed by atoms with E-state index in [1.165, 1.54) is 6.07 Å². The first-order valence-electron chi connectivity index (χ1n) is 7.20. The average molecular weight is 366 g/mol. The van der Waals surface area contributed by atoms with Crippen molar-refractivity contribution in [3.8, 4) is 11.5 Å². The molecule has 0 amide bonds. The van der Waals surface area contributed by atoms with E-state index in [1.807, 2.05) is 6.07 Å². The van der Waals surface area contributed by atoms with Gasteiger partial charge in [0.05, 0.1) is 23.4 Å². The Morgan fingerprint density at radius 1 is 1.29 bits per heavy atom. The molecule has 2 aromatic heterocycles. The number of halogens is 1. The largest absolute Gasteiger partial charge is 0.463 e. The zero-order valence-corrected chi connectivity index (χ0v) is 14.7. The standard InChI is InChI=1S/C16H16ClN3O3S/c1-11-13(17)5-3-7-16(11)24(21,22)18-10-12-9-14(20(2)19-12)15-6-4-8-23-15/h3-9,18H,10H2,1-2H3. The van der Waals surface area contributed by atoms with E-state index in [9.17, 15) is 8.42 Å². The van der Waals surface area contributed by atoms with Crippen LogP contribution in [0.1, 0.15) is 11.3 Å². The van der Waals surface area contributed by atoms with Gasteiger partial charge in [-0.15, -0.1) is 0 Å². The lowest BCUT2D eigenvalue weighted by molar-refractivity contribution is 0.571. The van der Waals surface area contributed by atoms with Crippen molar-refractivity contribution in [3.63, 3.8) is 0 Å². The molecular formula is C16H16ClN3O3S. The first-order chi connectivity index (χ1) is 11.4. The topological polar surface area (TPSA) is 77.1 Å². The van der Waals surface area contributed by atoms with E-state index < -0.39 is 10.0 Å². The molecule has 8 heteroatoms. The monoisotopic (exact) mass is 365 g/mol. The molecule has 6 nitrogen and oxygen atoms in total. The lowest BCUT2D eigenvalue weighted by Crippen LogP contribution is -2.24. The highest BCUT2D eigenvalue weighted by atomic mass is 35.5. The van der Waals surface area contributed by atoms with Gasteiger partial charge in [0.15, 0.2) is 5.76 Å². The van der Waals surface area contributed by atoms with Gasteiger partial charge in [-0.1, -0.05) is 17.7 Å². The molecule has 0 atom stereocenters. The minimum absolute atomic E-state index is 0.0723. The molecule has 0 radical (unpaired) electrons. The van der Waals surface area contributed by atoms with Crippen molar-refractivity contribution in [1.82, 2.24) is 14.5 Å². The van der Waals surface area contributed by atoms with Crippen LogP contribution < -0.4 is 4.72 Å². The van der Waals surface area contributed by atoms with Crippen LogP contribution in [0, 0.1) is 6.92 Å². The summed E-state index contributed by atoms with van der Waals surface area (Å²) in [6.45, 7) is 1.75. The Kier molecular flexibility index (Phi) is 4.49. The van der Waals surface area contributed by atoms with Crippen LogP contribution in [-0.2, 0) is 23.6 Å². The number of aryl methyl sites for hydroxylation is 1. The Hall–Kier alpha value is -2.09. The smallest absolute Gasteiger partial charge is 0.241 e. The van der Waals surface area contributed by atoms with Crippen LogP contribution in [0.2, 0.25) is 5.02 Å². The molecule has 0 spiro atoms. The van der Waals surface area contributed by atoms with Crippen molar-refractivity contribution >= 4 is 21.6 Å². The highest BCUT2D eigenvalue weighted by Gasteiger charge is 2.19. The summed E-state index contributed by atoms with van der Waals surface area (Å²) in [5.74, 6) is 0.671. The number of hydrogen-bond donors (Lipinski definition) is 1. The van der Waals surface area contributed by atoms with Gasteiger partial charge in [0, 0.05) is 12.1 Å². The number of nitrogens with one attached hydrogen (secondary N) is 1. The zero-order valence-electron chi connectivity index (χ0n) is 13.2. The molecule has 1 N–H and O–H groups in total. The molecular weight excluding hydrogens is 350 g/mol. The molecule has 126 valence electrons. The minimum atomic E-state index is -3.68. The molecule has 0 fully saturated rings. The second-order valence-electron chi connectivity index (χ2n) is 5.31. The van der Waals surface area contributed by atoms with Gasteiger partial charge in [-0.05, 0) is 42.8 Å². The molecule has 24 heavy (non-hydrogen) atoms. The Morgan fingerprint density at radius 2 is 2.08 bits per heavy atom. The fourth-order valence-corrected chi connectivity index (χ4v) is 3.89. The fraction of sp³-hybridized carbons (Fsp3) is 0.188. The van der Waals surface area contributed by atoms with E-state index in [4.69, 9.17) is 16.0 Å². The van der Waals surface area contributed by atoms with E-state index in [0.717, 1.165) is 5.69 Å². The molecule has 0 aliphatic heterocycles. The van der Waals surface area contributed by atoms with E-state index in [0.29, 0.717) is 22.0 Å². The molecule has 0 aliphatic rings. The Balaban J connectivity index is 1.81. The third kappa shape index (κ3) is 3.24. The van der Waals surface area contributed by atoms with Crippen LogP contribution in [0.25, 0.3) is 11.5 Å². The molecule has 3 aromatic rings. The third-order valence-corrected chi connectivity index (χ3v) is 5.61. The second kappa shape index (κ2) is 6.43. The zero-order chi connectivity index (χ0) is 17.3. The molecule has 3 rings (SSSR count). The van der Waals surface area contributed by atoms with Crippen LogP contribution in [0.3, 0.4) is 0 Å². The fourth-order valence-electron chi connectivity index (χ4n) is 2.39. The van der Waals surface area contributed by atoms with Crippen LogP contribution in [0.5, 0.6) is 0 Å². The van der Waals surface area contributed by atoms with Gasteiger partial charge in [-0.2, -0.15) is 5.10 Å². The highest BCUT2D eigenvalue weighted by Crippen LogP contribution is 2.23. The number of benzene rings is 1. The van der Waals surface area contributed by atoms with Gasteiger partial charge in [0.2, 0.25) is 10.0 Å². The van der Waals surface area contributed by atoms with E-state index in [1.54, 1.807) is 49.2 Å². The van der Waals surface area contributed by atoms with E-state index in [-0.39, 0.29) is 11.4 Å². The predicted octanol–water partition coefficient (Wildman–Crippen LogP) is 3.12. The number of sulfonamides is 1. The number of furan rings is 1. The van der Waals surface area contributed by atoms with Gasteiger partial charge in [0.25, 0.3) is 0 Å².